The zero-order valence-corrected chi connectivity index (χ0v) is 24.5. The number of nitrogens with zero attached hydrogens (tertiary/aromatic N) is 3. The van der Waals surface area contributed by atoms with Crippen LogP contribution in [-0.2, 0) is 17.7 Å². The van der Waals surface area contributed by atoms with E-state index in [2.05, 4.69) is 63.0 Å². The maximum atomic E-state index is 9.85. The lowest BCUT2D eigenvalue weighted by Crippen LogP contribution is -2.46. The summed E-state index contributed by atoms with van der Waals surface area (Å²) >= 11 is 14.4. The van der Waals surface area contributed by atoms with E-state index >= 15 is 0 Å². The molecule has 4 nitrogen and oxygen atoms in total. The van der Waals surface area contributed by atoms with Gasteiger partial charge in [0.25, 0.3) is 0 Å². The van der Waals surface area contributed by atoms with Crippen LogP contribution in [0.5, 0.6) is 0 Å². The summed E-state index contributed by atoms with van der Waals surface area (Å²) in [5.74, 6) is 1.37. The van der Waals surface area contributed by atoms with Gasteiger partial charge in [-0.05, 0) is 77.3 Å². The van der Waals surface area contributed by atoms with Gasteiger partial charge in [0.05, 0.1) is 11.7 Å². The van der Waals surface area contributed by atoms with Gasteiger partial charge in [-0.3, -0.25) is 4.90 Å². The van der Waals surface area contributed by atoms with Crippen molar-refractivity contribution in [3.8, 4) is 6.07 Å². The van der Waals surface area contributed by atoms with Crippen molar-refractivity contribution in [2.45, 2.75) is 49.9 Å². The fraction of sp³-hybridized carbons (Fsp3) is 0.469. The zero-order chi connectivity index (χ0) is 26.8. The van der Waals surface area contributed by atoms with Gasteiger partial charge in [-0.15, -0.1) is 0 Å². The summed E-state index contributed by atoms with van der Waals surface area (Å²) in [4.78, 5) is 5.20. The Kier molecular flexibility index (Phi) is 8.33. The smallest absolute Gasteiger partial charge is 0.147 e. The van der Waals surface area contributed by atoms with E-state index in [0.717, 1.165) is 75.5 Å². The van der Waals surface area contributed by atoms with E-state index in [9.17, 15) is 5.26 Å². The van der Waals surface area contributed by atoms with Crippen LogP contribution in [0.4, 0.5) is 0 Å². The SMILES string of the molecule is N#CC1OC2(CCN(CC3CN(Cc4ccc(Cl)cc4Cl)C[C@@H]3c3ccsc3)CC2)CC1Cc1ccccc1. The van der Waals surface area contributed by atoms with E-state index in [1.165, 1.54) is 11.1 Å². The van der Waals surface area contributed by atoms with E-state index in [0.29, 0.717) is 16.9 Å². The lowest BCUT2D eigenvalue weighted by Gasteiger charge is -2.40. The quantitative estimate of drug-likeness (QED) is 0.295. The fourth-order valence-corrected chi connectivity index (χ4v) is 8.25. The van der Waals surface area contributed by atoms with Crippen LogP contribution in [0.25, 0.3) is 0 Å². The van der Waals surface area contributed by atoms with Crippen LogP contribution in [0.15, 0.2) is 65.4 Å². The van der Waals surface area contributed by atoms with Crippen molar-refractivity contribution in [3.05, 3.63) is 92.1 Å². The van der Waals surface area contributed by atoms with E-state index in [1.807, 2.05) is 18.2 Å². The van der Waals surface area contributed by atoms with Crippen LogP contribution in [0.3, 0.4) is 0 Å². The molecule has 3 aromatic rings. The average Bonchev–Trinajstić information content (AvgIpc) is 3.67. The molecule has 0 N–H and O–H groups in total. The molecular formula is C32H35Cl2N3OS. The molecular weight excluding hydrogens is 545 g/mol. The maximum Gasteiger partial charge on any atom is 0.147 e. The number of hydrogen-bond acceptors (Lipinski definition) is 5. The molecule has 4 atom stereocenters. The maximum absolute atomic E-state index is 9.85. The van der Waals surface area contributed by atoms with Crippen molar-refractivity contribution >= 4 is 34.5 Å². The molecule has 0 saturated carbocycles. The van der Waals surface area contributed by atoms with Gasteiger partial charge in [-0.2, -0.15) is 16.6 Å². The lowest BCUT2D eigenvalue weighted by molar-refractivity contribution is -0.0646. The lowest BCUT2D eigenvalue weighted by atomic mass is 9.81. The molecule has 7 heteroatoms. The molecule has 39 heavy (non-hydrogen) atoms. The van der Waals surface area contributed by atoms with Gasteiger partial charge in [0, 0.05) is 61.1 Å². The molecule has 6 rings (SSSR count). The van der Waals surface area contributed by atoms with Crippen molar-refractivity contribution in [2.24, 2.45) is 11.8 Å². The molecule has 0 amide bonds. The highest BCUT2D eigenvalue weighted by atomic mass is 35.5. The van der Waals surface area contributed by atoms with Crippen LogP contribution >= 0.6 is 34.5 Å². The number of rotatable bonds is 7. The molecule has 0 bridgehead atoms. The zero-order valence-electron chi connectivity index (χ0n) is 22.1. The third kappa shape index (κ3) is 6.22. The Morgan fingerprint density at radius 1 is 1.00 bits per heavy atom. The number of likely N-dealkylation sites (tertiary alicyclic amines) is 2. The molecule has 0 radical (unpaired) electrons. The Hall–Kier alpha value is -1.91. The van der Waals surface area contributed by atoms with Crippen LogP contribution in [0.1, 0.15) is 41.9 Å². The average molecular weight is 581 g/mol. The van der Waals surface area contributed by atoms with Crippen molar-refractivity contribution in [2.75, 3.05) is 32.7 Å². The number of thiophene rings is 1. The summed E-state index contributed by atoms with van der Waals surface area (Å²) in [6.45, 7) is 6.12. The first kappa shape index (κ1) is 27.3. The third-order valence-electron chi connectivity index (χ3n) is 9.06. The number of nitriles is 1. The highest BCUT2D eigenvalue weighted by molar-refractivity contribution is 7.08. The molecule has 1 aromatic heterocycles. The molecule has 2 aromatic carbocycles. The number of benzene rings is 2. The van der Waals surface area contributed by atoms with Gasteiger partial charge < -0.3 is 9.64 Å². The first-order chi connectivity index (χ1) is 19.0. The van der Waals surface area contributed by atoms with Crippen molar-refractivity contribution < 1.29 is 4.74 Å². The van der Waals surface area contributed by atoms with Crippen molar-refractivity contribution in [1.82, 2.24) is 9.80 Å². The van der Waals surface area contributed by atoms with Crippen molar-refractivity contribution in [3.63, 3.8) is 0 Å². The molecule has 3 aliphatic heterocycles. The van der Waals surface area contributed by atoms with Crippen LogP contribution < -0.4 is 0 Å². The summed E-state index contributed by atoms with van der Waals surface area (Å²) in [5, 5.41) is 15.8. The normalized spacial score (nSPS) is 27.2. The molecule has 0 aliphatic carbocycles. The predicted octanol–water partition coefficient (Wildman–Crippen LogP) is 7.28. The highest BCUT2D eigenvalue weighted by Crippen LogP contribution is 2.44. The summed E-state index contributed by atoms with van der Waals surface area (Å²) in [6.07, 6.45) is 3.63. The molecule has 204 valence electrons. The number of piperidine rings is 1. The third-order valence-corrected chi connectivity index (χ3v) is 10.4. The molecule has 3 saturated heterocycles. The van der Waals surface area contributed by atoms with Gasteiger partial charge in [0.15, 0.2) is 0 Å². The Balaban J connectivity index is 1.08. The molecule has 3 aliphatic rings. The van der Waals surface area contributed by atoms with Gasteiger partial charge in [-0.25, -0.2) is 0 Å². The Morgan fingerprint density at radius 2 is 1.82 bits per heavy atom. The van der Waals surface area contributed by atoms with E-state index < -0.39 is 0 Å². The van der Waals surface area contributed by atoms with Crippen LogP contribution in [0.2, 0.25) is 10.0 Å². The number of hydrogen-bond donors (Lipinski definition) is 0. The Morgan fingerprint density at radius 3 is 2.54 bits per heavy atom. The summed E-state index contributed by atoms with van der Waals surface area (Å²) in [5.41, 5.74) is 3.76. The van der Waals surface area contributed by atoms with Crippen LogP contribution in [0, 0.1) is 23.2 Å². The topological polar surface area (TPSA) is 39.5 Å². The molecule has 3 fully saturated rings. The fourth-order valence-electron chi connectivity index (χ4n) is 7.05. The van der Waals surface area contributed by atoms with E-state index in [4.69, 9.17) is 27.9 Å². The van der Waals surface area contributed by atoms with Gasteiger partial charge >= 0.3 is 0 Å². The van der Waals surface area contributed by atoms with E-state index in [-0.39, 0.29) is 17.6 Å². The second kappa shape index (κ2) is 11.9. The van der Waals surface area contributed by atoms with E-state index in [1.54, 1.807) is 11.3 Å². The van der Waals surface area contributed by atoms with Crippen molar-refractivity contribution in [1.29, 1.82) is 5.26 Å². The molecule has 3 unspecified atom stereocenters. The summed E-state index contributed by atoms with van der Waals surface area (Å²) < 4.78 is 6.51. The number of halogens is 2. The largest absolute Gasteiger partial charge is 0.356 e. The van der Waals surface area contributed by atoms with Gasteiger partial charge in [0.2, 0.25) is 0 Å². The highest BCUT2D eigenvalue weighted by Gasteiger charge is 2.48. The molecule has 4 heterocycles. The first-order valence-electron chi connectivity index (χ1n) is 14.0. The minimum Gasteiger partial charge on any atom is -0.356 e. The number of ether oxygens (including phenoxy) is 1. The Bertz CT molecular complexity index is 1290. The monoisotopic (exact) mass is 579 g/mol. The summed E-state index contributed by atoms with van der Waals surface area (Å²) in [7, 11) is 0. The predicted molar refractivity (Wildman–Crippen MR) is 159 cm³/mol. The standard InChI is InChI=1S/C32H35Cl2N3OS/c33-28-7-6-24(30(34)15-28)18-37-20-27(29(21-37)25-8-13-39-22-25)19-36-11-9-32(10-12-36)16-26(31(17-35)38-32)14-23-4-2-1-3-5-23/h1-8,13,15,22,26-27,29,31H,9-12,14,16,18-21H2/t26?,27?,29-,31?/m1/s1. The second-order valence-electron chi connectivity index (χ2n) is 11.7. The second-order valence-corrected chi connectivity index (χ2v) is 13.3. The van der Waals surface area contributed by atoms with Crippen LogP contribution in [-0.4, -0.2) is 54.2 Å². The Labute approximate surface area is 246 Å². The van der Waals surface area contributed by atoms with Gasteiger partial charge in [-0.1, -0.05) is 59.6 Å². The molecule has 1 spiro atoms. The minimum absolute atomic E-state index is 0.143. The first-order valence-corrected chi connectivity index (χ1v) is 15.7. The van der Waals surface area contributed by atoms with Gasteiger partial charge in [0.1, 0.15) is 6.10 Å². The summed E-state index contributed by atoms with van der Waals surface area (Å²) in [6, 6.07) is 21.1. The minimum atomic E-state index is -0.303.